The van der Waals surface area contributed by atoms with Gasteiger partial charge in [0.2, 0.25) is 11.7 Å². The van der Waals surface area contributed by atoms with Gasteiger partial charge in [-0.3, -0.25) is 9.78 Å². The number of pyridine rings is 1. The molecule has 0 radical (unpaired) electrons. The van der Waals surface area contributed by atoms with Crippen LogP contribution in [0.15, 0.2) is 53.2 Å². The molecule has 0 N–H and O–H groups in total. The average molecular weight is 500 g/mol. The fourth-order valence-corrected chi connectivity index (χ4v) is 4.50. The number of benzene rings is 1. The predicted octanol–water partition coefficient (Wildman–Crippen LogP) is 3.68. The highest BCUT2D eigenvalue weighted by Gasteiger charge is 2.20. The molecule has 11 heteroatoms. The van der Waals surface area contributed by atoms with E-state index in [0.717, 1.165) is 36.7 Å². The first kappa shape index (κ1) is 23.0. The minimum atomic E-state index is 0.0273. The van der Waals surface area contributed by atoms with Crippen LogP contribution in [0.5, 0.6) is 5.88 Å². The van der Waals surface area contributed by atoms with Gasteiger partial charge in [-0.1, -0.05) is 23.4 Å². The van der Waals surface area contributed by atoms with Crippen molar-refractivity contribution in [3.05, 3.63) is 65.7 Å². The highest BCUT2D eigenvalue weighted by Crippen LogP contribution is 2.29. The lowest BCUT2D eigenvalue weighted by Crippen LogP contribution is -2.35. The summed E-state index contributed by atoms with van der Waals surface area (Å²) in [5.41, 5.74) is 2.34. The van der Waals surface area contributed by atoms with E-state index in [-0.39, 0.29) is 12.5 Å². The Morgan fingerprint density at radius 2 is 1.86 bits per heavy atom. The zero-order valence-electron chi connectivity index (χ0n) is 20.3. The molecule has 37 heavy (non-hydrogen) atoms. The van der Waals surface area contributed by atoms with E-state index >= 15 is 0 Å². The Kier molecular flexibility index (Phi) is 6.19. The van der Waals surface area contributed by atoms with Crippen LogP contribution in [0.3, 0.4) is 0 Å². The Balaban J connectivity index is 1.27. The van der Waals surface area contributed by atoms with Crippen LogP contribution in [0.2, 0.25) is 0 Å². The quantitative estimate of drug-likeness (QED) is 0.330. The number of methoxy groups -OCH3 is 1. The molecule has 188 valence electrons. The van der Waals surface area contributed by atoms with E-state index in [2.05, 4.69) is 25.4 Å². The maximum atomic E-state index is 12.7. The number of hydrogen-bond acceptors (Lipinski definition) is 9. The van der Waals surface area contributed by atoms with Crippen molar-refractivity contribution in [1.29, 1.82) is 0 Å². The number of carbonyl (C=O) groups is 1. The molecule has 1 fully saturated rings. The summed E-state index contributed by atoms with van der Waals surface area (Å²) in [6.45, 7) is 2.08. The van der Waals surface area contributed by atoms with Gasteiger partial charge in [-0.05, 0) is 37.5 Å². The fourth-order valence-electron chi connectivity index (χ4n) is 4.50. The predicted molar refractivity (Wildman–Crippen MR) is 133 cm³/mol. The van der Waals surface area contributed by atoms with Gasteiger partial charge >= 0.3 is 0 Å². The van der Waals surface area contributed by atoms with Crippen LogP contribution < -0.4 is 4.74 Å². The van der Waals surface area contributed by atoms with Crippen molar-refractivity contribution < 1.29 is 18.8 Å². The molecule has 1 aromatic carbocycles. The lowest BCUT2D eigenvalue weighted by molar-refractivity contribution is 0.0724. The summed E-state index contributed by atoms with van der Waals surface area (Å²) in [5, 5.41) is 19.0. The van der Waals surface area contributed by atoms with Crippen LogP contribution in [0, 0.1) is 0 Å². The van der Waals surface area contributed by atoms with Gasteiger partial charge in [-0.25, -0.2) is 0 Å². The molecule has 1 saturated heterocycles. The minimum absolute atomic E-state index is 0.0273. The second kappa shape index (κ2) is 9.94. The molecule has 1 aliphatic heterocycles. The van der Waals surface area contributed by atoms with Crippen molar-refractivity contribution >= 4 is 22.3 Å². The summed E-state index contributed by atoms with van der Waals surface area (Å²) < 4.78 is 18.1. The van der Waals surface area contributed by atoms with Crippen molar-refractivity contribution in [2.45, 2.75) is 32.5 Å². The molecule has 11 nitrogen and oxygen atoms in total. The number of ether oxygens (including phenoxy) is 2. The van der Waals surface area contributed by atoms with Gasteiger partial charge in [0.05, 0.1) is 11.3 Å². The van der Waals surface area contributed by atoms with Crippen LogP contribution in [0.4, 0.5) is 0 Å². The van der Waals surface area contributed by atoms with Crippen molar-refractivity contribution in [3.8, 4) is 17.4 Å². The third kappa shape index (κ3) is 4.49. The molecule has 1 aliphatic rings. The van der Waals surface area contributed by atoms with Gasteiger partial charge in [0, 0.05) is 43.2 Å². The van der Waals surface area contributed by atoms with E-state index in [1.54, 1.807) is 30.0 Å². The zero-order chi connectivity index (χ0) is 25.2. The Morgan fingerprint density at radius 3 is 2.65 bits per heavy atom. The molecule has 6 rings (SSSR count). The van der Waals surface area contributed by atoms with Crippen molar-refractivity contribution in [2.24, 2.45) is 0 Å². The maximum absolute atomic E-state index is 12.7. The van der Waals surface area contributed by atoms with Gasteiger partial charge in [0.25, 0.3) is 5.91 Å². The number of carbonyl (C=O) groups excluding carboxylic acids is 1. The third-order valence-electron chi connectivity index (χ3n) is 6.38. The van der Waals surface area contributed by atoms with Gasteiger partial charge in [-0.15, -0.1) is 15.3 Å². The molecule has 0 bridgehead atoms. The van der Waals surface area contributed by atoms with Gasteiger partial charge in [0.15, 0.2) is 17.1 Å². The van der Waals surface area contributed by atoms with Crippen LogP contribution in [0.25, 0.3) is 27.9 Å². The Hall–Kier alpha value is -4.38. The topological polar surface area (TPSA) is 121 Å². The smallest absolute Gasteiger partial charge is 0.255 e. The summed E-state index contributed by atoms with van der Waals surface area (Å²) in [4.78, 5) is 19.1. The highest BCUT2D eigenvalue weighted by atomic mass is 16.5. The van der Waals surface area contributed by atoms with E-state index in [9.17, 15) is 4.79 Å². The number of aromatic nitrogens is 6. The van der Waals surface area contributed by atoms with Crippen molar-refractivity contribution in [3.63, 3.8) is 0 Å². The summed E-state index contributed by atoms with van der Waals surface area (Å²) >= 11 is 0. The molecule has 5 aromatic rings. The molecule has 0 atom stereocenters. The lowest BCUT2D eigenvalue weighted by Gasteiger charge is -2.26. The fraction of sp³-hybridized carbons (Fsp3) is 0.308. The zero-order valence-corrected chi connectivity index (χ0v) is 20.3. The number of fused-ring (bicyclic) bond motifs is 3. The van der Waals surface area contributed by atoms with Crippen molar-refractivity contribution in [1.82, 2.24) is 34.9 Å². The first-order valence-electron chi connectivity index (χ1n) is 12.2. The number of likely N-dealkylation sites (tertiary alicyclic amines) is 1. The summed E-state index contributed by atoms with van der Waals surface area (Å²) in [7, 11) is 1.58. The maximum Gasteiger partial charge on any atom is 0.255 e. The minimum Gasteiger partial charge on any atom is -0.470 e. The normalized spacial score (nSPS) is 13.9. The molecule has 5 heterocycles. The number of piperidine rings is 1. The van der Waals surface area contributed by atoms with E-state index in [1.807, 2.05) is 35.2 Å². The average Bonchev–Trinajstić information content (AvgIpc) is 3.59. The number of amides is 1. The first-order valence-corrected chi connectivity index (χ1v) is 12.2. The molecule has 0 saturated carbocycles. The van der Waals surface area contributed by atoms with Crippen molar-refractivity contribution in [2.75, 3.05) is 20.2 Å². The molecule has 0 aliphatic carbocycles. The largest absolute Gasteiger partial charge is 0.470 e. The third-order valence-corrected chi connectivity index (χ3v) is 6.38. The van der Waals surface area contributed by atoms with Crippen LogP contribution in [-0.2, 0) is 18.0 Å². The Labute approximate surface area is 212 Å². The number of nitrogens with zero attached hydrogens (tertiary/aromatic N) is 7. The monoisotopic (exact) mass is 499 g/mol. The Morgan fingerprint density at radius 1 is 1.03 bits per heavy atom. The lowest BCUT2D eigenvalue weighted by atomic mass is 10.1. The second-order valence-electron chi connectivity index (χ2n) is 8.90. The summed E-state index contributed by atoms with van der Waals surface area (Å²) in [5.74, 6) is 1.43. The standard InChI is InChI=1S/C26H25N7O4/c1-35-16-19-13-22(31-37-19)24-29-28-23-20-7-3-4-8-21(20)25(30-33(23)24)36-15-18-10-9-17(14-27-18)26(34)32-11-5-2-6-12-32/h3-4,7-10,13-14H,2,5-6,11-12,15-16H2,1H3. The van der Waals surface area contributed by atoms with E-state index in [1.165, 1.54) is 6.42 Å². The van der Waals surface area contributed by atoms with Gasteiger partial charge in [-0.2, -0.15) is 4.52 Å². The first-order chi connectivity index (χ1) is 18.2. The molecule has 0 unspecified atom stereocenters. The van der Waals surface area contributed by atoms with Gasteiger partial charge < -0.3 is 18.9 Å². The summed E-state index contributed by atoms with van der Waals surface area (Å²) in [6.07, 6.45) is 4.90. The van der Waals surface area contributed by atoms with Crippen LogP contribution in [0.1, 0.15) is 41.1 Å². The highest BCUT2D eigenvalue weighted by molar-refractivity contribution is 5.97. The molecule has 4 aromatic heterocycles. The van der Waals surface area contributed by atoms with Gasteiger partial charge in [0.1, 0.15) is 13.2 Å². The number of rotatable bonds is 7. The van der Waals surface area contributed by atoms with E-state index in [4.69, 9.17) is 14.0 Å². The SMILES string of the molecule is COCc1cc(-c2nnc3c4ccccc4c(OCc4ccc(C(=O)N5CCCCC5)cn4)nn23)no1. The van der Waals surface area contributed by atoms with E-state index in [0.29, 0.717) is 46.7 Å². The molecular weight excluding hydrogens is 474 g/mol. The van der Waals surface area contributed by atoms with E-state index < -0.39 is 0 Å². The molecule has 0 spiro atoms. The number of hydrogen-bond donors (Lipinski definition) is 0. The van der Waals surface area contributed by atoms with Crippen LogP contribution >= 0.6 is 0 Å². The van der Waals surface area contributed by atoms with Crippen LogP contribution in [-0.4, -0.2) is 61.0 Å². The second-order valence-corrected chi connectivity index (χ2v) is 8.90. The molecule has 1 amide bonds. The summed E-state index contributed by atoms with van der Waals surface area (Å²) in [6, 6.07) is 13.1. The Bertz CT molecular complexity index is 1550. The molecular formula is C26H25N7O4.